The van der Waals surface area contributed by atoms with Gasteiger partial charge in [0.2, 0.25) is 0 Å². The molecule has 1 aromatic heterocycles. The van der Waals surface area contributed by atoms with E-state index >= 15 is 0 Å². The van der Waals surface area contributed by atoms with Crippen molar-refractivity contribution in [2.24, 2.45) is 5.16 Å². The lowest BCUT2D eigenvalue weighted by atomic mass is 10.3. The third-order valence-electron chi connectivity index (χ3n) is 1.07. The lowest BCUT2D eigenvalue weighted by Crippen LogP contribution is -1.90. The van der Waals surface area contributed by atoms with Gasteiger partial charge in [0, 0.05) is 11.8 Å². The third-order valence-corrected chi connectivity index (χ3v) is 1.34. The summed E-state index contributed by atoms with van der Waals surface area (Å²) in [5.41, 5.74) is 0.104. The molecule has 1 rings (SSSR count). The fourth-order valence-electron chi connectivity index (χ4n) is 0.594. The fraction of sp³-hybridized carbons (Fsp3) is 0. The predicted molar refractivity (Wildman–Crippen MR) is 38.6 cm³/mol. The first-order chi connectivity index (χ1) is 5.25. The number of halogens is 2. The Morgan fingerprint density at radius 2 is 2.45 bits per heavy atom. The van der Waals surface area contributed by atoms with Gasteiger partial charge >= 0.3 is 0 Å². The maximum Gasteiger partial charge on any atom is 0.169 e. The first-order valence-electron chi connectivity index (χ1n) is 2.73. The number of nitrogens with zero attached hydrogens (tertiary/aromatic N) is 2. The van der Waals surface area contributed by atoms with E-state index in [2.05, 4.69) is 10.1 Å². The number of hydrogen-bond donors (Lipinski definition) is 1. The normalized spacial score (nSPS) is 10.7. The third kappa shape index (κ3) is 1.65. The zero-order chi connectivity index (χ0) is 8.27. The van der Waals surface area contributed by atoms with Gasteiger partial charge in [0.1, 0.15) is 0 Å². The van der Waals surface area contributed by atoms with Gasteiger partial charge in [-0.1, -0.05) is 16.8 Å². The number of pyridine rings is 1. The average molecular weight is 175 g/mol. The van der Waals surface area contributed by atoms with Crippen LogP contribution in [-0.4, -0.2) is 16.4 Å². The molecule has 0 fully saturated rings. The molecule has 1 heterocycles. The lowest BCUT2D eigenvalue weighted by molar-refractivity contribution is 0.321. The van der Waals surface area contributed by atoms with Crippen LogP contribution in [0.1, 0.15) is 5.56 Å². The molecule has 5 heteroatoms. The quantitative estimate of drug-likeness (QED) is 0.305. The standard InChI is InChI=1S/C6H4ClFN2O/c7-6-5(8)4(3-10-11)1-2-9-6/h1-3,11H/b10-3-. The second-order valence-electron chi connectivity index (χ2n) is 1.75. The zero-order valence-corrected chi connectivity index (χ0v) is 6.09. The van der Waals surface area contributed by atoms with Crippen LogP contribution in [0.5, 0.6) is 0 Å². The Labute approximate surface area is 67.1 Å². The molecule has 0 aliphatic rings. The average Bonchev–Trinajstić information content (AvgIpc) is 1.99. The van der Waals surface area contributed by atoms with Gasteiger partial charge in [-0.25, -0.2) is 9.37 Å². The Hall–Kier alpha value is -1.16. The minimum atomic E-state index is -0.688. The van der Waals surface area contributed by atoms with Gasteiger partial charge in [-0.15, -0.1) is 0 Å². The van der Waals surface area contributed by atoms with Crippen molar-refractivity contribution < 1.29 is 9.60 Å². The van der Waals surface area contributed by atoms with Gasteiger partial charge < -0.3 is 5.21 Å². The Bertz CT molecular complexity index is 290. The molecular formula is C6H4ClFN2O. The van der Waals surface area contributed by atoms with Crippen molar-refractivity contribution in [2.45, 2.75) is 0 Å². The highest BCUT2D eigenvalue weighted by atomic mass is 35.5. The Kier molecular flexibility index (Phi) is 2.38. The van der Waals surface area contributed by atoms with Crippen molar-refractivity contribution in [1.29, 1.82) is 0 Å². The highest BCUT2D eigenvalue weighted by molar-refractivity contribution is 6.29. The first kappa shape index (κ1) is 7.94. The topological polar surface area (TPSA) is 45.5 Å². The molecule has 0 radical (unpaired) electrons. The van der Waals surface area contributed by atoms with E-state index in [1.165, 1.54) is 12.3 Å². The minimum absolute atomic E-state index is 0.104. The van der Waals surface area contributed by atoms with Crippen LogP contribution in [-0.2, 0) is 0 Å². The van der Waals surface area contributed by atoms with E-state index in [0.717, 1.165) is 6.21 Å². The molecular weight excluding hydrogens is 171 g/mol. The fourth-order valence-corrected chi connectivity index (χ4v) is 0.759. The van der Waals surface area contributed by atoms with Crippen LogP contribution in [0.4, 0.5) is 4.39 Å². The summed E-state index contributed by atoms with van der Waals surface area (Å²) in [7, 11) is 0. The summed E-state index contributed by atoms with van der Waals surface area (Å²) in [6, 6.07) is 1.35. The van der Waals surface area contributed by atoms with E-state index in [1.807, 2.05) is 0 Å². The number of hydrogen-bond acceptors (Lipinski definition) is 3. The van der Waals surface area contributed by atoms with E-state index in [-0.39, 0.29) is 10.7 Å². The number of rotatable bonds is 1. The SMILES string of the molecule is O/N=C\c1ccnc(Cl)c1F. The maximum absolute atomic E-state index is 12.8. The van der Waals surface area contributed by atoms with Crippen molar-refractivity contribution >= 4 is 17.8 Å². The van der Waals surface area contributed by atoms with Gasteiger partial charge in [0.25, 0.3) is 0 Å². The lowest BCUT2D eigenvalue weighted by Gasteiger charge is -1.94. The molecule has 0 unspecified atom stereocenters. The summed E-state index contributed by atoms with van der Waals surface area (Å²) in [6.07, 6.45) is 2.27. The van der Waals surface area contributed by atoms with Crippen LogP contribution in [0.3, 0.4) is 0 Å². The molecule has 1 aromatic rings. The van der Waals surface area contributed by atoms with Crippen molar-refractivity contribution in [1.82, 2.24) is 4.98 Å². The summed E-state index contributed by atoms with van der Waals surface area (Å²) < 4.78 is 12.8. The van der Waals surface area contributed by atoms with Crippen LogP contribution in [0.25, 0.3) is 0 Å². The minimum Gasteiger partial charge on any atom is -0.411 e. The molecule has 0 spiro atoms. The summed E-state index contributed by atoms with van der Waals surface area (Å²) in [5.74, 6) is -0.688. The highest BCUT2D eigenvalue weighted by Gasteiger charge is 2.04. The van der Waals surface area contributed by atoms with E-state index in [0.29, 0.717) is 0 Å². The van der Waals surface area contributed by atoms with Gasteiger partial charge in [0.05, 0.1) is 6.21 Å². The van der Waals surface area contributed by atoms with E-state index in [4.69, 9.17) is 16.8 Å². The van der Waals surface area contributed by atoms with Gasteiger partial charge in [-0.2, -0.15) is 0 Å². The highest BCUT2D eigenvalue weighted by Crippen LogP contribution is 2.12. The molecule has 0 saturated heterocycles. The molecule has 58 valence electrons. The molecule has 0 saturated carbocycles. The number of oxime groups is 1. The van der Waals surface area contributed by atoms with E-state index < -0.39 is 5.82 Å². The molecule has 0 bridgehead atoms. The molecule has 3 nitrogen and oxygen atoms in total. The predicted octanol–water partition coefficient (Wildman–Crippen LogP) is 1.68. The van der Waals surface area contributed by atoms with Crippen LogP contribution in [0.2, 0.25) is 5.15 Å². The second kappa shape index (κ2) is 3.30. The second-order valence-corrected chi connectivity index (χ2v) is 2.11. The van der Waals surface area contributed by atoms with Crippen LogP contribution < -0.4 is 0 Å². The molecule has 0 aromatic carbocycles. The largest absolute Gasteiger partial charge is 0.411 e. The summed E-state index contributed by atoms with van der Waals surface area (Å²) >= 11 is 5.32. The monoisotopic (exact) mass is 174 g/mol. The summed E-state index contributed by atoms with van der Waals surface area (Å²) in [6.45, 7) is 0. The van der Waals surface area contributed by atoms with Crippen molar-refractivity contribution in [3.05, 3.63) is 28.8 Å². The Morgan fingerprint density at radius 3 is 3.09 bits per heavy atom. The summed E-state index contributed by atoms with van der Waals surface area (Å²) in [4.78, 5) is 3.47. The van der Waals surface area contributed by atoms with E-state index in [1.54, 1.807) is 0 Å². The zero-order valence-electron chi connectivity index (χ0n) is 5.33. The van der Waals surface area contributed by atoms with Crippen LogP contribution >= 0.6 is 11.6 Å². The molecule has 0 aliphatic heterocycles. The Morgan fingerprint density at radius 1 is 1.73 bits per heavy atom. The van der Waals surface area contributed by atoms with Crippen molar-refractivity contribution in [3.8, 4) is 0 Å². The number of aromatic nitrogens is 1. The van der Waals surface area contributed by atoms with Crippen LogP contribution in [0.15, 0.2) is 17.4 Å². The smallest absolute Gasteiger partial charge is 0.169 e. The van der Waals surface area contributed by atoms with Gasteiger partial charge in [-0.05, 0) is 6.07 Å². The van der Waals surface area contributed by atoms with Gasteiger partial charge in [0.15, 0.2) is 11.0 Å². The molecule has 1 N–H and O–H groups in total. The summed E-state index contributed by atoms with van der Waals surface area (Å²) in [5, 5.41) is 10.5. The van der Waals surface area contributed by atoms with E-state index in [9.17, 15) is 4.39 Å². The molecule has 11 heavy (non-hydrogen) atoms. The first-order valence-corrected chi connectivity index (χ1v) is 3.11. The molecule has 0 atom stereocenters. The molecule has 0 aliphatic carbocycles. The van der Waals surface area contributed by atoms with Crippen molar-refractivity contribution in [3.63, 3.8) is 0 Å². The maximum atomic E-state index is 12.8. The molecule has 0 amide bonds. The van der Waals surface area contributed by atoms with Crippen molar-refractivity contribution in [2.75, 3.05) is 0 Å². The van der Waals surface area contributed by atoms with Gasteiger partial charge in [-0.3, -0.25) is 0 Å². The Balaban J connectivity index is 3.16. The van der Waals surface area contributed by atoms with Crippen LogP contribution in [0, 0.1) is 5.82 Å².